The van der Waals surface area contributed by atoms with Gasteiger partial charge in [-0.3, -0.25) is 0 Å². The summed E-state index contributed by atoms with van der Waals surface area (Å²) in [5, 5.41) is 14.4. The van der Waals surface area contributed by atoms with Gasteiger partial charge in [-0.25, -0.2) is 0 Å². The first-order valence-electron chi connectivity index (χ1n) is 6.55. The summed E-state index contributed by atoms with van der Waals surface area (Å²) in [4.78, 5) is 0. The molecule has 0 heterocycles. The van der Waals surface area contributed by atoms with E-state index in [1.54, 1.807) is 18.2 Å². The second-order valence-electron chi connectivity index (χ2n) is 4.77. The number of hydrogen-bond acceptors (Lipinski definition) is 3. The number of aromatic hydroxyl groups is 1. The van der Waals surface area contributed by atoms with Crippen LogP contribution in [0.3, 0.4) is 0 Å². The van der Waals surface area contributed by atoms with Crippen LogP contribution in [0.25, 0.3) is 0 Å². The Morgan fingerprint density at radius 2 is 1.95 bits per heavy atom. The predicted molar refractivity (Wildman–Crippen MR) is 86.4 cm³/mol. The van der Waals surface area contributed by atoms with Crippen molar-refractivity contribution in [3.63, 3.8) is 0 Å². The fourth-order valence-electron chi connectivity index (χ4n) is 2.08. The topological polar surface area (TPSA) is 41.5 Å². The minimum absolute atomic E-state index is 0.0685. The van der Waals surface area contributed by atoms with Gasteiger partial charge >= 0.3 is 0 Å². The lowest BCUT2D eigenvalue weighted by Gasteiger charge is -2.16. The lowest BCUT2D eigenvalue weighted by molar-refractivity contribution is 0.373. The SMILES string of the molecule is COc1ccc(CN[C@@H](C)c2ccc(Cl)cc2Cl)cc1O. The van der Waals surface area contributed by atoms with Gasteiger partial charge in [-0.1, -0.05) is 35.3 Å². The summed E-state index contributed by atoms with van der Waals surface area (Å²) in [6, 6.07) is 10.9. The Bertz CT molecular complexity index is 632. The van der Waals surface area contributed by atoms with E-state index in [4.69, 9.17) is 27.9 Å². The van der Waals surface area contributed by atoms with Gasteiger partial charge in [-0.15, -0.1) is 0 Å². The normalized spacial score (nSPS) is 12.2. The predicted octanol–water partition coefficient (Wildman–Crippen LogP) is 4.56. The maximum absolute atomic E-state index is 9.76. The van der Waals surface area contributed by atoms with E-state index >= 15 is 0 Å². The number of benzene rings is 2. The number of hydrogen-bond donors (Lipinski definition) is 2. The number of ether oxygens (including phenoxy) is 1. The molecule has 3 nitrogen and oxygen atoms in total. The van der Waals surface area contributed by atoms with E-state index in [0.29, 0.717) is 22.3 Å². The Morgan fingerprint density at radius 1 is 1.19 bits per heavy atom. The van der Waals surface area contributed by atoms with Crippen LogP contribution in [-0.2, 0) is 6.54 Å². The highest BCUT2D eigenvalue weighted by Gasteiger charge is 2.10. The monoisotopic (exact) mass is 325 g/mol. The van der Waals surface area contributed by atoms with E-state index in [9.17, 15) is 5.11 Å². The molecule has 0 amide bonds. The molecule has 0 saturated carbocycles. The van der Waals surface area contributed by atoms with Crippen LogP contribution in [0.5, 0.6) is 11.5 Å². The van der Waals surface area contributed by atoms with Gasteiger partial charge in [-0.05, 0) is 42.3 Å². The minimum atomic E-state index is 0.0685. The number of rotatable bonds is 5. The standard InChI is InChI=1S/C16H17Cl2NO2/c1-10(13-5-4-12(17)8-14(13)18)19-9-11-3-6-16(21-2)15(20)7-11/h3-8,10,19-20H,9H2,1-2H3/t10-/m0/s1. The van der Waals surface area contributed by atoms with E-state index in [1.807, 2.05) is 25.1 Å². The molecular formula is C16H17Cl2NO2. The fraction of sp³-hybridized carbons (Fsp3) is 0.250. The third-order valence-corrected chi connectivity index (χ3v) is 3.85. The van der Waals surface area contributed by atoms with Gasteiger partial charge in [0.2, 0.25) is 0 Å². The van der Waals surface area contributed by atoms with Gasteiger partial charge in [0.25, 0.3) is 0 Å². The Labute approximate surface area is 134 Å². The molecule has 2 aromatic rings. The summed E-state index contributed by atoms with van der Waals surface area (Å²) >= 11 is 12.1. The van der Waals surface area contributed by atoms with Crippen LogP contribution in [0, 0.1) is 0 Å². The zero-order chi connectivity index (χ0) is 15.4. The van der Waals surface area contributed by atoms with Gasteiger partial charge in [0, 0.05) is 22.6 Å². The van der Waals surface area contributed by atoms with Crippen molar-refractivity contribution in [2.75, 3.05) is 7.11 Å². The molecule has 2 aromatic carbocycles. The van der Waals surface area contributed by atoms with E-state index in [-0.39, 0.29) is 11.8 Å². The smallest absolute Gasteiger partial charge is 0.160 e. The molecule has 0 aliphatic rings. The average Bonchev–Trinajstić information content (AvgIpc) is 2.45. The van der Waals surface area contributed by atoms with E-state index < -0.39 is 0 Å². The van der Waals surface area contributed by atoms with Gasteiger partial charge in [0.1, 0.15) is 0 Å². The lowest BCUT2D eigenvalue weighted by Crippen LogP contribution is -2.18. The van der Waals surface area contributed by atoms with Crippen LogP contribution in [0.4, 0.5) is 0 Å². The highest BCUT2D eigenvalue weighted by Crippen LogP contribution is 2.28. The Morgan fingerprint density at radius 3 is 2.57 bits per heavy atom. The molecule has 0 saturated heterocycles. The van der Waals surface area contributed by atoms with Gasteiger partial charge in [0.15, 0.2) is 11.5 Å². The Hall–Kier alpha value is -1.42. The molecule has 0 unspecified atom stereocenters. The molecule has 1 atom stereocenters. The van der Waals surface area contributed by atoms with Crippen LogP contribution in [0.1, 0.15) is 24.1 Å². The average molecular weight is 326 g/mol. The van der Waals surface area contributed by atoms with Gasteiger partial charge in [-0.2, -0.15) is 0 Å². The number of phenols is 1. The fourth-order valence-corrected chi connectivity index (χ4v) is 2.65. The summed E-state index contributed by atoms with van der Waals surface area (Å²) in [7, 11) is 1.53. The highest BCUT2D eigenvalue weighted by molar-refractivity contribution is 6.35. The van der Waals surface area contributed by atoms with Crippen LogP contribution < -0.4 is 10.1 Å². The summed E-state index contributed by atoms with van der Waals surface area (Å²) < 4.78 is 5.02. The number of phenolic OH excluding ortho intramolecular Hbond substituents is 1. The van der Waals surface area contributed by atoms with Crippen LogP contribution in [0.2, 0.25) is 10.0 Å². The highest BCUT2D eigenvalue weighted by atomic mass is 35.5. The lowest BCUT2D eigenvalue weighted by atomic mass is 10.1. The van der Waals surface area contributed by atoms with Crippen molar-refractivity contribution in [1.82, 2.24) is 5.32 Å². The third kappa shape index (κ3) is 4.03. The maximum Gasteiger partial charge on any atom is 0.160 e. The molecule has 0 aromatic heterocycles. The second kappa shape index (κ2) is 7.03. The van der Waals surface area contributed by atoms with E-state index in [0.717, 1.165) is 11.1 Å². The molecule has 0 aliphatic carbocycles. The molecule has 0 bridgehead atoms. The van der Waals surface area contributed by atoms with Crippen molar-refractivity contribution in [3.05, 3.63) is 57.6 Å². The summed E-state index contributed by atoms with van der Waals surface area (Å²) in [5.41, 5.74) is 1.95. The molecule has 112 valence electrons. The first-order chi connectivity index (χ1) is 10.0. The summed E-state index contributed by atoms with van der Waals surface area (Å²) in [5.74, 6) is 0.599. The molecule has 0 aliphatic heterocycles. The molecule has 0 radical (unpaired) electrons. The van der Waals surface area contributed by atoms with E-state index in [2.05, 4.69) is 5.32 Å². The third-order valence-electron chi connectivity index (χ3n) is 3.28. The largest absolute Gasteiger partial charge is 0.504 e. The van der Waals surface area contributed by atoms with Gasteiger partial charge in [0.05, 0.1) is 7.11 Å². The molecule has 0 fully saturated rings. The first kappa shape index (κ1) is 16.0. The molecular weight excluding hydrogens is 309 g/mol. The van der Waals surface area contributed by atoms with Crippen LogP contribution in [0.15, 0.2) is 36.4 Å². The van der Waals surface area contributed by atoms with Crippen molar-refractivity contribution in [3.8, 4) is 11.5 Å². The second-order valence-corrected chi connectivity index (χ2v) is 5.62. The first-order valence-corrected chi connectivity index (χ1v) is 7.31. The Balaban J connectivity index is 2.03. The zero-order valence-electron chi connectivity index (χ0n) is 11.9. The van der Waals surface area contributed by atoms with E-state index in [1.165, 1.54) is 7.11 Å². The molecule has 2 N–H and O–H groups in total. The van der Waals surface area contributed by atoms with Crippen molar-refractivity contribution in [1.29, 1.82) is 0 Å². The van der Waals surface area contributed by atoms with Crippen molar-refractivity contribution in [2.24, 2.45) is 0 Å². The van der Waals surface area contributed by atoms with Gasteiger partial charge < -0.3 is 15.2 Å². The summed E-state index contributed by atoms with van der Waals surface area (Å²) in [6.45, 7) is 2.64. The number of methoxy groups -OCH3 is 1. The quantitative estimate of drug-likeness (QED) is 0.846. The summed E-state index contributed by atoms with van der Waals surface area (Å²) in [6.07, 6.45) is 0. The zero-order valence-corrected chi connectivity index (χ0v) is 13.4. The van der Waals surface area contributed by atoms with Crippen molar-refractivity contribution in [2.45, 2.75) is 19.5 Å². The Kier molecular flexibility index (Phi) is 5.34. The number of nitrogens with one attached hydrogen (secondary N) is 1. The molecule has 2 rings (SSSR count). The van der Waals surface area contributed by atoms with Crippen molar-refractivity contribution < 1.29 is 9.84 Å². The van der Waals surface area contributed by atoms with Crippen LogP contribution in [-0.4, -0.2) is 12.2 Å². The minimum Gasteiger partial charge on any atom is -0.504 e. The van der Waals surface area contributed by atoms with Crippen molar-refractivity contribution >= 4 is 23.2 Å². The molecule has 5 heteroatoms. The van der Waals surface area contributed by atoms with Crippen LogP contribution >= 0.6 is 23.2 Å². The maximum atomic E-state index is 9.76. The number of halogens is 2. The molecule has 21 heavy (non-hydrogen) atoms. The molecule has 0 spiro atoms.